The molecule has 3 rings (SSSR count). The zero-order valence-electron chi connectivity index (χ0n) is 14.7. The Labute approximate surface area is 157 Å². The van der Waals surface area contributed by atoms with Gasteiger partial charge in [-0.25, -0.2) is 4.98 Å². The fraction of sp³-hybridized carbons (Fsp3) is 0.421. The van der Waals surface area contributed by atoms with E-state index in [2.05, 4.69) is 10.3 Å². The summed E-state index contributed by atoms with van der Waals surface area (Å²) < 4.78 is 1.83. The summed E-state index contributed by atoms with van der Waals surface area (Å²) in [4.78, 5) is 30.1. The zero-order valence-corrected chi connectivity index (χ0v) is 15.4. The van der Waals surface area contributed by atoms with Crippen LogP contribution in [-0.4, -0.2) is 45.7 Å². The Kier molecular flexibility index (Phi) is 6.28. The molecule has 2 aromatic rings. The van der Waals surface area contributed by atoms with Gasteiger partial charge in [0, 0.05) is 38.3 Å². The minimum absolute atomic E-state index is 0.186. The van der Waals surface area contributed by atoms with Crippen molar-refractivity contribution in [3.8, 4) is 0 Å². The van der Waals surface area contributed by atoms with Crippen molar-refractivity contribution >= 4 is 35.1 Å². The van der Waals surface area contributed by atoms with Gasteiger partial charge in [0.1, 0.15) is 5.65 Å². The molecule has 1 aliphatic heterocycles. The third-order valence-electron chi connectivity index (χ3n) is 4.49. The van der Waals surface area contributed by atoms with E-state index in [1.165, 1.54) is 6.08 Å². The molecule has 0 aliphatic carbocycles. The molecule has 1 saturated heterocycles. The van der Waals surface area contributed by atoms with E-state index >= 15 is 0 Å². The van der Waals surface area contributed by atoms with Crippen LogP contribution in [0.4, 0.5) is 0 Å². The molecule has 138 valence electrons. The highest BCUT2D eigenvalue weighted by Crippen LogP contribution is 2.18. The number of carbonyl (C=O) groups excluding carboxylic acids is 2. The topological polar surface area (TPSA) is 66.7 Å². The number of likely N-dealkylation sites (tertiary alicyclic amines) is 1. The van der Waals surface area contributed by atoms with Crippen LogP contribution in [0.2, 0.25) is 5.15 Å². The highest BCUT2D eigenvalue weighted by molar-refractivity contribution is 6.31. The molecule has 0 atom stereocenters. The standard InChI is InChI=1S/C19H23ClN4O2/c20-19-15(24-14-5-3-7-16(24)22-19)9-10-17(25)21-11-6-13-23-12-4-1-2-8-18(23)26/h3,5,7,9-10,14H,1-2,4,6,8,11-13H2,(H,21,25)/b10-9+. The summed E-state index contributed by atoms with van der Waals surface area (Å²) in [7, 11) is 0. The lowest BCUT2D eigenvalue weighted by Gasteiger charge is -2.20. The van der Waals surface area contributed by atoms with Gasteiger partial charge in [0.15, 0.2) is 5.15 Å². The van der Waals surface area contributed by atoms with E-state index in [1.54, 1.807) is 6.08 Å². The maximum absolute atomic E-state index is 12.0. The first kappa shape index (κ1) is 18.5. The van der Waals surface area contributed by atoms with E-state index in [-0.39, 0.29) is 11.8 Å². The number of amides is 2. The monoisotopic (exact) mass is 374 g/mol. The quantitative estimate of drug-likeness (QED) is 0.624. The lowest BCUT2D eigenvalue weighted by molar-refractivity contribution is -0.130. The van der Waals surface area contributed by atoms with E-state index in [0.717, 1.165) is 37.9 Å². The lowest BCUT2D eigenvalue weighted by Crippen LogP contribution is -2.33. The Bertz CT molecular complexity index is 815. The van der Waals surface area contributed by atoms with Crippen molar-refractivity contribution in [2.24, 2.45) is 0 Å². The third kappa shape index (κ3) is 4.64. The van der Waals surface area contributed by atoms with Gasteiger partial charge in [-0.2, -0.15) is 0 Å². The molecule has 2 amide bonds. The minimum Gasteiger partial charge on any atom is -0.352 e. The van der Waals surface area contributed by atoms with Gasteiger partial charge in [-0.3, -0.25) is 14.0 Å². The van der Waals surface area contributed by atoms with Crippen LogP contribution < -0.4 is 5.32 Å². The summed E-state index contributed by atoms with van der Waals surface area (Å²) in [6.45, 7) is 2.06. The summed E-state index contributed by atoms with van der Waals surface area (Å²) in [5.74, 6) is 0.0464. The van der Waals surface area contributed by atoms with Gasteiger partial charge >= 0.3 is 0 Å². The SMILES string of the molecule is O=C(/C=C/c1c(Cl)nc2ccccn12)NCCCN1CCCCCC1=O. The van der Waals surface area contributed by atoms with Crippen LogP contribution in [0.15, 0.2) is 30.5 Å². The van der Waals surface area contributed by atoms with Gasteiger partial charge in [-0.05, 0) is 37.5 Å². The second kappa shape index (κ2) is 8.85. The Balaban J connectivity index is 1.47. The number of imidazole rings is 1. The van der Waals surface area contributed by atoms with Gasteiger partial charge in [-0.1, -0.05) is 24.1 Å². The van der Waals surface area contributed by atoms with Gasteiger partial charge in [-0.15, -0.1) is 0 Å². The van der Waals surface area contributed by atoms with Crippen molar-refractivity contribution in [2.45, 2.75) is 32.1 Å². The molecule has 6 nitrogen and oxygen atoms in total. The van der Waals surface area contributed by atoms with E-state index in [1.807, 2.05) is 33.7 Å². The van der Waals surface area contributed by atoms with E-state index < -0.39 is 0 Å². The molecule has 3 heterocycles. The second-order valence-electron chi connectivity index (χ2n) is 6.39. The van der Waals surface area contributed by atoms with Crippen molar-refractivity contribution in [1.82, 2.24) is 19.6 Å². The number of aromatic nitrogens is 2. The highest BCUT2D eigenvalue weighted by Gasteiger charge is 2.15. The molecule has 0 bridgehead atoms. The molecule has 0 unspecified atom stereocenters. The Morgan fingerprint density at radius 3 is 3.08 bits per heavy atom. The van der Waals surface area contributed by atoms with E-state index in [0.29, 0.717) is 30.4 Å². The predicted molar refractivity (Wildman–Crippen MR) is 102 cm³/mol. The summed E-state index contributed by atoms with van der Waals surface area (Å²) in [5.41, 5.74) is 1.41. The Morgan fingerprint density at radius 1 is 1.31 bits per heavy atom. The van der Waals surface area contributed by atoms with Crippen molar-refractivity contribution in [3.63, 3.8) is 0 Å². The van der Waals surface area contributed by atoms with Crippen LogP contribution in [0.5, 0.6) is 0 Å². The van der Waals surface area contributed by atoms with Crippen molar-refractivity contribution in [1.29, 1.82) is 0 Å². The lowest BCUT2D eigenvalue weighted by atomic mass is 10.2. The molecule has 1 fully saturated rings. The highest BCUT2D eigenvalue weighted by atomic mass is 35.5. The number of nitrogens with one attached hydrogen (secondary N) is 1. The van der Waals surface area contributed by atoms with Crippen LogP contribution in [0.25, 0.3) is 11.7 Å². The smallest absolute Gasteiger partial charge is 0.244 e. The number of rotatable bonds is 6. The summed E-state index contributed by atoms with van der Waals surface area (Å²) in [5, 5.41) is 3.21. The van der Waals surface area contributed by atoms with Gasteiger partial charge < -0.3 is 10.2 Å². The van der Waals surface area contributed by atoms with Crippen molar-refractivity contribution < 1.29 is 9.59 Å². The van der Waals surface area contributed by atoms with Crippen LogP contribution in [0.1, 0.15) is 37.8 Å². The minimum atomic E-state index is -0.186. The molecule has 0 radical (unpaired) electrons. The maximum Gasteiger partial charge on any atom is 0.244 e. The fourth-order valence-electron chi connectivity index (χ4n) is 3.11. The average molecular weight is 375 g/mol. The second-order valence-corrected chi connectivity index (χ2v) is 6.74. The molecular weight excluding hydrogens is 352 g/mol. The molecule has 26 heavy (non-hydrogen) atoms. The first-order valence-electron chi connectivity index (χ1n) is 9.01. The van der Waals surface area contributed by atoms with Crippen LogP contribution in [0, 0.1) is 0 Å². The summed E-state index contributed by atoms with van der Waals surface area (Å²) in [6.07, 6.45) is 9.55. The van der Waals surface area contributed by atoms with Crippen LogP contribution in [0.3, 0.4) is 0 Å². The summed E-state index contributed by atoms with van der Waals surface area (Å²) in [6, 6.07) is 5.62. The van der Waals surface area contributed by atoms with E-state index in [9.17, 15) is 9.59 Å². The zero-order chi connectivity index (χ0) is 18.4. The van der Waals surface area contributed by atoms with Gasteiger partial charge in [0.05, 0.1) is 5.69 Å². The molecule has 0 saturated carbocycles. The van der Waals surface area contributed by atoms with Crippen LogP contribution in [-0.2, 0) is 9.59 Å². The molecule has 7 heteroatoms. The maximum atomic E-state index is 12.0. The Hall–Kier alpha value is -2.34. The molecule has 1 N–H and O–H groups in total. The number of hydrogen-bond donors (Lipinski definition) is 1. The first-order chi connectivity index (χ1) is 12.6. The van der Waals surface area contributed by atoms with Gasteiger partial charge in [0.25, 0.3) is 0 Å². The molecule has 2 aromatic heterocycles. The number of fused-ring (bicyclic) bond motifs is 1. The molecule has 1 aliphatic rings. The van der Waals surface area contributed by atoms with Gasteiger partial charge in [0.2, 0.25) is 11.8 Å². The Morgan fingerprint density at radius 2 is 2.19 bits per heavy atom. The number of carbonyl (C=O) groups is 2. The predicted octanol–water partition coefficient (Wildman–Crippen LogP) is 2.91. The van der Waals surface area contributed by atoms with Crippen LogP contribution >= 0.6 is 11.6 Å². The van der Waals surface area contributed by atoms with Crippen molar-refractivity contribution in [3.05, 3.63) is 41.3 Å². The fourth-order valence-corrected chi connectivity index (χ4v) is 3.35. The number of nitrogens with zero attached hydrogens (tertiary/aromatic N) is 3. The third-order valence-corrected chi connectivity index (χ3v) is 4.77. The molecule has 0 aromatic carbocycles. The molecular formula is C19H23ClN4O2. The van der Waals surface area contributed by atoms with Crippen molar-refractivity contribution in [2.75, 3.05) is 19.6 Å². The largest absolute Gasteiger partial charge is 0.352 e. The van der Waals surface area contributed by atoms with E-state index in [4.69, 9.17) is 11.6 Å². The first-order valence-corrected chi connectivity index (χ1v) is 9.39. The number of halogens is 1. The summed E-state index contributed by atoms with van der Waals surface area (Å²) >= 11 is 6.14. The number of hydrogen-bond acceptors (Lipinski definition) is 3. The number of pyridine rings is 1. The average Bonchev–Trinajstić information content (AvgIpc) is 2.81. The normalized spacial score (nSPS) is 15.6. The molecule has 0 spiro atoms.